The molecule has 2 aromatic carbocycles. The summed E-state index contributed by atoms with van der Waals surface area (Å²) in [6.07, 6.45) is 0. The number of rotatable bonds is 7. The van der Waals surface area contributed by atoms with Crippen molar-refractivity contribution >= 4 is 34.8 Å². The highest BCUT2D eigenvalue weighted by Crippen LogP contribution is 2.23. The maximum Gasteiger partial charge on any atom is 0.269 e. The maximum atomic E-state index is 10.9. The van der Waals surface area contributed by atoms with Crippen molar-refractivity contribution < 1.29 is 4.92 Å². The van der Waals surface area contributed by atoms with Crippen LogP contribution in [0.5, 0.6) is 0 Å². The number of thiocarbonyl (C=S) groups is 1. The lowest BCUT2D eigenvalue weighted by Gasteiger charge is -2.28. The lowest BCUT2D eigenvalue weighted by molar-refractivity contribution is -0.384. The van der Waals surface area contributed by atoms with Crippen molar-refractivity contribution in [3.63, 3.8) is 0 Å². The molecule has 2 rings (SSSR count). The zero-order valence-corrected chi connectivity index (χ0v) is 15.8. The Labute approximate surface area is 157 Å². The van der Waals surface area contributed by atoms with Gasteiger partial charge in [0, 0.05) is 36.4 Å². The van der Waals surface area contributed by atoms with Gasteiger partial charge in [-0.15, -0.1) is 11.8 Å². The van der Waals surface area contributed by atoms with Gasteiger partial charge in [0.15, 0.2) is 5.11 Å². The lowest BCUT2D eigenvalue weighted by atomic mass is 10.1. The van der Waals surface area contributed by atoms with Gasteiger partial charge in [-0.3, -0.25) is 10.1 Å². The SMILES string of the molecule is C[C@H](c1cccc([N+](=O)[O-])c1)N(C)C(=S)NCCSc1ccccc1. The summed E-state index contributed by atoms with van der Waals surface area (Å²) in [4.78, 5) is 13.7. The van der Waals surface area contributed by atoms with Gasteiger partial charge in [-0.25, -0.2) is 0 Å². The van der Waals surface area contributed by atoms with Crippen molar-refractivity contribution in [1.82, 2.24) is 10.2 Å². The van der Waals surface area contributed by atoms with Crippen molar-refractivity contribution in [2.45, 2.75) is 17.9 Å². The van der Waals surface area contributed by atoms with Crippen LogP contribution in [0.3, 0.4) is 0 Å². The molecule has 0 saturated heterocycles. The average molecular weight is 376 g/mol. The quantitative estimate of drug-likeness (QED) is 0.257. The van der Waals surface area contributed by atoms with Crippen LogP contribution in [0, 0.1) is 10.1 Å². The number of thioether (sulfide) groups is 1. The number of nitrogens with zero attached hydrogens (tertiary/aromatic N) is 2. The van der Waals surface area contributed by atoms with E-state index in [9.17, 15) is 10.1 Å². The van der Waals surface area contributed by atoms with E-state index >= 15 is 0 Å². The van der Waals surface area contributed by atoms with Crippen molar-refractivity contribution in [3.8, 4) is 0 Å². The van der Waals surface area contributed by atoms with E-state index in [-0.39, 0.29) is 16.7 Å². The first-order chi connectivity index (χ1) is 12.0. The number of hydrogen-bond acceptors (Lipinski definition) is 4. The fraction of sp³-hybridized carbons (Fsp3) is 0.278. The Morgan fingerprint density at radius 3 is 2.68 bits per heavy atom. The third-order valence-electron chi connectivity index (χ3n) is 3.85. The zero-order chi connectivity index (χ0) is 18.2. The van der Waals surface area contributed by atoms with Crippen molar-refractivity contribution in [1.29, 1.82) is 0 Å². The van der Waals surface area contributed by atoms with Gasteiger partial charge in [-0.1, -0.05) is 30.3 Å². The molecule has 7 heteroatoms. The molecular weight excluding hydrogens is 354 g/mol. The normalized spacial score (nSPS) is 11.6. The Balaban J connectivity index is 1.84. The summed E-state index contributed by atoms with van der Waals surface area (Å²) in [6.45, 7) is 2.73. The maximum absolute atomic E-state index is 10.9. The van der Waals surface area contributed by atoms with E-state index in [2.05, 4.69) is 17.4 Å². The predicted molar refractivity (Wildman–Crippen MR) is 107 cm³/mol. The molecule has 0 unspecified atom stereocenters. The first-order valence-corrected chi connectivity index (χ1v) is 9.31. The van der Waals surface area contributed by atoms with Crippen LogP contribution in [0.4, 0.5) is 5.69 Å². The smallest absolute Gasteiger partial charge is 0.269 e. The Morgan fingerprint density at radius 2 is 2.00 bits per heavy atom. The number of nitrogens with one attached hydrogen (secondary N) is 1. The van der Waals surface area contributed by atoms with Gasteiger partial charge in [0.1, 0.15) is 0 Å². The number of non-ortho nitro benzene ring substituents is 1. The second-order valence-electron chi connectivity index (χ2n) is 5.53. The fourth-order valence-electron chi connectivity index (χ4n) is 2.27. The lowest BCUT2D eigenvalue weighted by Crippen LogP contribution is -2.39. The van der Waals surface area contributed by atoms with Crippen LogP contribution in [0.25, 0.3) is 0 Å². The summed E-state index contributed by atoms with van der Waals surface area (Å²) in [5.74, 6) is 0.906. The summed E-state index contributed by atoms with van der Waals surface area (Å²) in [6, 6.07) is 16.8. The van der Waals surface area contributed by atoms with Crippen LogP contribution in [-0.2, 0) is 0 Å². The van der Waals surface area contributed by atoms with Crippen molar-refractivity contribution in [3.05, 3.63) is 70.3 Å². The van der Waals surface area contributed by atoms with E-state index in [0.717, 1.165) is 17.9 Å². The third-order valence-corrected chi connectivity index (χ3v) is 5.30. The second kappa shape index (κ2) is 9.39. The highest BCUT2D eigenvalue weighted by atomic mass is 32.2. The zero-order valence-electron chi connectivity index (χ0n) is 14.2. The number of benzene rings is 2. The number of nitro groups is 1. The summed E-state index contributed by atoms with van der Waals surface area (Å²) >= 11 is 7.21. The molecule has 1 atom stereocenters. The molecule has 5 nitrogen and oxygen atoms in total. The second-order valence-corrected chi connectivity index (χ2v) is 7.09. The van der Waals surface area contributed by atoms with Gasteiger partial charge in [-0.05, 0) is 36.8 Å². The molecule has 132 valence electrons. The Bertz CT molecular complexity index is 725. The van der Waals surface area contributed by atoms with E-state index in [1.54, 1.807) is 23.9 Å². The number of hydrogen-bond donors (Lipinski definition) is 1. The molecule has 0 spiro atoms. The van der Waals surface area contributed by atoms with E-state index in [1.807, 2.05) is 43.1 Å². The van der Waals surface area contributed by atoms with Gasteiger partial charge in [-0.2, -0.15) is 0 Å². The fourth-order valence-corrected chi connectivity index (χ4v) is 3.32. The Kier molecular flexibility index (Phi) is 7.21. The monoisotopic (exact) mass is 375 g/mol. The Hall–Kier alpha value is -2.12. The number of nitro benzene ring substituents is 1. The van der Waals surface area contributed by atoms with Crippen molar-refractivity contribution in [2.75, 3.05) is 19.3 Å². The van der Waals surface area contributed by atoms with Crippen LogP contribution in [0.15, 0.2) is 59.5 Å². The van der Waals surface area contributed by atoms with Crippen LogP contribution >= 0.6 is 24.0 Å². The Morgan fingerprint density at radius 1 is 1.28 bits per heavy atom. The first-order valence-electron chi connectivity index (χ1n) is 7.92. The summed E-state index contributed by atoms with van der Waals surface area (Å²) in [5, 5.41) is 14.8. The molecule has 0 saturated carbocycles. The summed E-state index contributed by atoms with van der Waals surface area (Å²) < 4.78 is 0. The molecular formula is C18H21N3O2S2. The summed E-state index contributed by atoms with van der Waals surface area (Å²) in [7, 11) is 1.89. The minimum absolute atomic E-state index is 0.0540. The van der Waals surface area contributed by atoms with Gasteiger partial charge < -0.3 is 10.2 Å². The van der Waals surface area contributed by atoms with Crippen LogP contribution in [0.1, 0.15) is 18.5 Å². The minimum atomic E-state index is -0.381. The molecule has 0 aliphatic rings. The van der Waals surface area contributed by atoms with E-state index in [4.69, 9.17) is 12.2 Å². The van der Waals surface area contributed by atoms with Crippen molar-refractivity contribution in [2.24, 2.45) is 0 Å². The van der Waals surface area contributed by atoms with E-state index in [1.165, 1.54) is 11.0 Å². The largest absolute Gasteiger partial charge is 0.362 e. The van der Waals surface area contributed by atoms with Crippen LogP contribution in [0.2, 0.25) is 0 Å². The van der Waals surface area contributed by atoms with Gasteiger partial charge in [0.2, 0.25) is 0 Å². The minimum Gasteiger partial charge on any atom is -0.362 e. The molecule has 0 aliphatic carbocycles. The molecule has 2 aromatic rings. The standard InChI is InChI=1S/C18H21N3O2S2/c1-14(15-7-6-8-16(13-15)21(22)23)20(2)18(24)19-11-12-25-17-9-4-3-5-10-17/h3-10,13-14H,11-12H2,1-2H3,(H,19,24)/t14-/m1/s1. The van der Waals surface area contributed by atoms with Crippen LogP contribution in [-0.4, -0.2) is 34.3 Å². The van der Waals surface area contributed by atoms with Gasteiger partial charge in [0.05, 0.1) is 11.0 Å². The van der Waals surface area contributed by atoms with E-state index in [0.29, 0.717) is 5.11 Å². The molecule has 1 N–H and O–H groups in total. The first kappa shape index (κ1) is 19.2. The highest BCUT2D eigenvalue weighted by Gasteiger charge is 2.16. The predicted octanol–water partition coefficient (Wildman–Crippen LogP) is 4.25. The van der Waals surface area contributed by atoms with Gasteiger partial charge in [0.25, 0.3) is 5.69 Å². The highest BCUT2D eigenvalue weighted by molar-refractivity contribution is 7.99. The van der Waals surface area contributed by atoms with Crippen LogP contribution < -0.4 is 5.32 Å². The molecule has 0 aromatic heterocycles. The molecule has 25 heavy (non-hydrogen) atoms. The molecule has 0 heterocycles. The average Bonchev–Trinajstić information content (AvgIpc) is 2.64. The third kappa shape index (κ3) is 5.72. The van der Waals surface area contributed by atoms with Gasteiger partial charge >= 0.3 is 0 Å². The molecule has 0 amide bonds. The molecule has 0 bridgehead atoms. The molecule has 0 fully saturated rings. The summed E-state index contributed by atoms with van der Waals surface area (Å²) in [5.41, 5.74) is 0.954. The van der Waals surface area contributed by atoms with E-state index < -0.39 is 0 Å². The molecule has 0 radical (unpaired) electrons. The molecule has 0 aliphatic heterocycles. The topological polar surface area (TPSA) is 58.4 Å².